The van der Waals surface area contributed by atoms with Gasteiger partial charge in [0.2, 0.25) is 15.2 Å². The Morgan fingerprint density at radius 2 is 1.87 bits per heavy atom. The molecule has 30 heavy (non-hydrogen) atoms. The van der Waals surface area contributed by atoms with Gasteiger partial charge in [0.05, 0.1) is 25.0 Å². The fourth-order valence-corrected chi connectivity index (χ4v) is 6.23. The molecule has 1 saturated carbocycles. The van der Waals surface area contributed by atoms with Crippen LogP contribution in [0.2, 0.25) is 0 Å². The van der Waals surface area contributed by atoms with Crippen molar-refractivity contribution in [3.05, 3.63) is 40.9 Å². The van der Waals surface area contributed by atoms with E-state index in [2.05, 4.69) is 50.2 Å². The van der Waals surface area contributed by atoms with E-state index in [1.54, 1.807) is 0 Å². The summed E-state index contributed by atoms with van der Waals surface area (Å²) in [6, 6.07) is 10.5. The average Bonchev–Trinajstić information content (AvgIpc) is 3.32. The minimum atomic E-state index is -3.29. The predicted molar refractivity (Wildman–Crippen MR) is 120 cm³/mol. The van der Waals surface area contributed by atoms with Crippen LogP contribution in [0.15, 0.2) is 30.3 Å². The van der Waals surface area contributed by atoms with Crippen LogP contribution in [0, 0.1) is 6.92 Å². The zero-order valence-electron chi connectivity index (χ0n) is 17.5. The maximum absolute atomic E-state index is 11.9. The fourth-order valence-electron chi connectivity index (χ4n) is 4.63. The Morgan fingerprint density at radius 3 is 2.50 bits per heavy atom. The van der Waals surface area contributed by atoms with Crippen molar-refractivity contribution in [3.8, 4) is 0 Å². The van der Waals surface area contributed by atoms with Crippen LogP contribution in [0.25, 0.3) is 0 Å². The number of rotatable bonds is 7. The molecule has 0 bridgehead atoms. The van der Waals surface area contributed by atoms with Crippen molar-refractivity contribution < 1.29 is 13.2 Å². The summed E-state index contributed by atoms with van der Waals surface area (Å²) in [5.74, 6) is 0.609. The largest absolute Gasteiger partial charge is 0.376 e. The summed E-state index contributed by atoms with van der Waals surface area (Å²) in [5, 5.41) is 10.2. The van der Waals surface area contributed by atoms with Crippen molar-refractivity contribution in [2.45, 2.75) is 63.1 Å². The monoisotopic (exact) mass is 450 g/mol. The first kappa shape index (κ1) is 21.7. The Labute approximate surface area is 182 Å². The van der Waals surface area contributed by atoms with Gasteiger partial charge in [0.25, 0.3) is 0 Å². The molecule has 7 nitrogen and oxygen atoms in total. The SMILES string of the molecule is Cc1nnc(N2CCC(NS(C)(=O)=O)C2COC2CCC(c3ccccc3)CC2)s1. The Bertz CT molecular complexity index is 927. The maximum Gasteiger partial charge on any atom is 0.209 e. The minimum absolute atomic E-state index is 0.0704. The molecule has 2 atom stereocenters. The van der Waals surface area contributed by atoms with E-state index in [1.807, 2.05) is 6.92 Å². The summed E-state index contributed by atoms with van der Waals surface area (Å²) in [6.07, 6.45) is 6.51. The summed E-state index contributed by atoms with van der Waals surface area (Å²) in [6.45, 7) is 3.17. The Kier molecular flexibility index (Phi) is 6.72. The van der Waals surface area contributed by atoms with Gasteiger partial charge in [0, 0.05) is 12.6 Å². The van der Waals surface area contributed by atoms with Gasteiger partial charge in [-0.15, -0.1) is 10.2 Å². The summed E-state index contributed by atoms with van der Waals surface area (Å²) in [5.41, 5.74) is 1.42. The molecule has 1 aromatic heterocycles. The van der Waals surface area contributed by atoms with Gasteiger partial charge >= 0.3 is 0 Å². The summed E-state index contributed by atoms with van der Waals surface area (Å²) >= 11 is 1.54. The molecular formula is C21H30N4O3S2. The summed E-state index contributed by atoms with van der Waals surface area (Å²) in [7, 11) is -3.29. The molecule has 1 aliphatic heterocycles. The molecule has 0 amide bonds. The van der Waals surface area contributed by atoms with Gasteiger partial charge in [-0.05, 0) is 50.5 Å². The van der Waals surface area contributed by atoms with Crippen LogP contribution in [-0.2, 0) is 14.8 Å². The molecule has 2 aromatic rings. The molecule has 164 valence electrons. The van der Waals surface area contributed by atoms with Gasteiger partial charge in [0.1, 0.15) is 5.01 Å². The van der Waals surface area contributed by atoms with Crippen LogP contribution in [0.5, 0.6) is 0 Å². The van der Waals surface area contributed by atoms with Crippen LogP contribution in [-0.4, -0.2) is 56.2 Å². The lowest BCUT2D eigenvalue weighted by Crippen LogP contribution is -2.48. The Balaban J connectivity index is 1.37. The molecule has 1 aromatic carbocycles. The number of aryl methyl sites for hydroxylation is 1. The van der Waals surface area contributed by atoms with Crippen molar-refractivity contribution in [2.24, 2.45) is 0 Å². The van der Waals surface area contributed by atoms with E-state index < -0.39 is 10.0 Å². The van der Waals surface area contributed by atoms with E-state index in [9.17, 15) is 8.42 Å². The number of benzene rings is 1. The minimum Gasteiger partial charge on any atom is -0.376 e. The second-order valence-electron chi connectivity index (χ2n) is 8.37. The topological polar surface area (TPSA) is 84.4 Å². The van der Waals surface area contributed by atoms with Crippen LogP contribution < -0.4 is 9.62 Å². The van der Waals surface area contributed by atoms with Crippen LogP contribution in [0.3, 0.4) is 0 Å². The molecule has 2 heterocycles. The molecule has 0 radical (unpaired) electrons. The van der Waals surface area contributed by atoms with Crippen molar-refractivity contribution in [1.29, 1.82) is 0 Å². The lowest BCUT2D eigenvalue weighted by atomic mass is 9.83. The lowest BCUT2D eigenvalue weighted by molar-refractivity contribution is 0.0157. The van der Waals surface area contributed by atoms with Crippen LogP contribution >= 0.6 is 11.3 Å². The highest BCUT2D eigenvalue weighted by Crippen LogP contribution is 2.35. The number of ether oxygens (including phenoxy) is 1. The first-order valence-electron chi connectivity index (χ1n) is 10.6. The van der Waals surface area contributed by atoms with Gasteiger partial charge in [0.15, 0.2) is 0 Å². The predicted octanol–water partition coefficient (Wildman–Crippen LogP) is 3.09. The number of aromatic nitrogens is 2. The first-order chi connectivity index (χ1) is 14.4. The van der Waals surface area contributed by atoms with Crippen LogP contribution in [0.1, 0.15) is 48.6 Å². The molecule has 2 fully saturated rings. The number of hydrogen-bond donors (Lipinski definition) is 1. The Hall–Kier alpha value is -1.55. The molecule has 1 saturated heterocycles. The van der Waals surface area contributed by atoms with Gasteiger partial charge in [-0.25, -0.2) is 13.1 Å². The standard InChI is InChI=1S/C21H30N4O3S2/c1-15-22-23-21(29-15)25-13-12-19(24-30(2,26)27)20(25)14-28-18-10-8-17(9-11-18)16-6-4-3-5-7-16/h3-7,17-20,24H,8-14H2,1-2H3. The molecule has 2 unspecified atom stereocenters. The van der Waals surface area contributed by atoms with Gasteiger partial charge < -0.3 is 9.64 Å². The third kappa shape index (κ3) is 5.38. The molecular weight excluding hydrogens is 420 g/mol. The second-order valence-corrected chi connectivity index (χ2v) is 11.3. The number of sulfonamides is 1. The molecule has 2 aliphatic rings. The molecule has 0 spiro atoms. The summed E-state index contributed by atoms with van der Waals surface area (Å²) in [4.78, 5) is 2.16. The smallest absolute Gasteiger partial charge is 0.209 e. The van der Waals surface area contributed by atoms with E-state index in [-0.39, 0.29) is 18.2 Å². The van der Waals surface area contributed by atoms with E-state index in [1.165, 1.54) is 23.2 Å². The number of hydrogen-bond acceptors (Lipinski definition) is 7. The maximum atomic E-state index is 11.9. The molecule has 1 aliphatic carbocycles. The van der Waals surface area contributed by atoms with Crippen LogP contribution in [0.4, 0.5) is 5.13 Å². The van der Waals surface area contributed by atoms with E-state index in [0.29, 0.717) is 12.5 Å². The number of anilines is 1. The van der Waals surface area contributed by atoms with Crippen molar-refractivity contribution >= 4 is 26.5 Å². The first-order valence-corrected chi connectivity index (χ1v) is 13.3. The van der Waals surface area contributed by atoms with E-state index >= 15 is 0 Å². The van der Waals surface area contributed by atoms with Gasteiger partial charge in [-0.1, -0.05) is 41.7 Å². The van der Waals surface area contributed by atoms with E-state index in [4.69, 9.17) is 4.74 Å². The zero-order valence-corrected chi connectivity index (χ0v) is 19.2. The average molecular weight is 451 g/mol. The zero-order chi connectivity index (χ0) is 21.1. The third-order valence-corrected chi connectivity index (χ3v) is 7.73. The second kappa shape index (κ2) is 9.30. The molecule has 1 N–H and O–H groups in total. The highest BCUT2D eigenvalue weighted by atomic mass is 32.2. The van der Waals surface area contributed by atoms with Gasteiger partial charge in [-0.3, -0.25) is 0 Å². The van der Waals surface area contributed by atoms with Crippen molar-refractivity contribution in [2.75, 3.05) is 24.3 Å². The van der Waals surface area contributed by atoms with E-state index in [0.717, 1.165) is 48.8 Å². The number of nitrogens with zero attached hydrogens (tertiary/aromatic N) is 3. The highest BCUT2D eigenvalue weighted by molar-refractivity contribution is 7.88. The molecule has 9 heteroatoms. The Morgan fingerprint density at radius 1 is 1.13 bits per heavy atom. The lowest BCUT2D eigenvalue weighted by Gasteiger charge is -2.32. The van der Waals surface area contributed by atoms with Gasteiger partial charge in [-0.2, -0.15) is 0 Å². The van der Waals surface area contributed by atoms with Crippen molar-refractivity contribution in [3.63, 3.8) is 0 Å². The third-order valence-electron chi connectivity index (χ3n) is 6.12. The van der Waals surface area contributed by atoms with Crippen molar-refractivity contribution in [1.82, 2.24) is 14.9 Å². The highest BCUT2D eigenvalue weighted by Gasteiger charge is 2.38. The number of nitrogens with one attached hydrogen (secondary N) is 1. The fraction of sp³-hybridized carbons (Fsp3) is 0.619. The quantitative estimate of drug-likeness (QED) is 0.698. The summed E-state index contributed by atoms with van der Waals surface area (Å²) < 4.78 is 32.9. The normalized spacial score (nSPS) is 27.5. The molecule has 4 rings (SSSR count).